The van der Waals surface area contributed by atoms with Gasteiger partial charge in [-0.05, 0) is 24.3 Å². The topological polar surface area (TPSA) is 110 Å². The molecule has 2 N–H and O–H groups in total. The Morgan fingerprint density at radius 1 is 1.24 bits per heavy atom. The first-order valence-electron chi connectivity index (χ1n) is 6.44. The lowest BCUT2D eigenvalue weighted by Crippen LogP contribution is -2.21. The van der Waals surface area contributed by atoms with Gasteiger partial charge in [0.15, 0.2) is 0 Å². The average Bonchev–Trinajstić information content (AvgIpc) is 2.92. The van der Waals surface area contributed by atoms with Crippen LogP contribution in [0, 0.1) is 0 Å². The molecule has 0 atom stereocenters. The third-order valence-corrected chi connectivity index (χ3v) is 4.26. The maximum Gasteiger partial charge on any atom is 0.413 e. The Balaban J connectivity index is 2.00. The highest BCUT2D eigenvalue weighted by atomic mass is 35.6. The standard InChI is InChI=1S/C12H11Cl3N4O4S2/c1-25(21,22)19-8-4-2-7(3-5-8)9-17-18-10(24-9)16-11(20)23-6-12(13,14)15/h2-5,19H,6H2,1H3,(H,16,18,20). The van der Waals surface area contributed by atoms with Gasteiger partial charge in [0.1, 0.15) is 11.6 Å². The first kappa shape index (κ1) is 20.0. The molecule has 0 saturated heterocycles. The Hall–Kier alpha value is -1.33. The van der Waals surface area contributed by atoms with Gasteiger partial charge in [0.2, 0.25) is 18.9 Å². The summed E-state index contributed by atoms with van der Waals surface area (Å²) >= 11 is 17.5. The van der Waals surface area contributed by atoms with E-state index in [4.69, 9.17) is 39.5 Å². The van der Waals surface area contributed by atoms with E-state index < -0.39 is 26.5 Å². The number of hydrogen-bond acceptors (Lipinski definition) is 7. The van der Waals surface area contributed by atoms with E-state index in [0.29, 0.717) is 16.3 Å². The van der Waals surface area contributed by atoms with Crippen LogP contribution >= 0.6 is 46.1 Å². The first-order chi connectivity index (χ1) is 11.5. The Kier molecular flexibility index (Phi) is 6.33. The van der Waals surface area contributed by atoms with Crippen LogP contribution in [-0.2, 0) is 14.8 Å². The third kappa shape index (κ3) is 7.20. The lowest BCUT2D eigenvalue weighted by atomic mass is 10.2. The minimum atomic E-state index is -3.35. The summed E-state index contributed by atoms with van der Waals surface area (Å²) in [6.45, 7) is -0.413. The number of anilines is 2. The number of amides is 1. The zero-order valence-corrected chi connectivity index (χ0v) is 16.4. The molecule has 0 fully saturated rings. The van der Waals surface area contributed by atoms with Gasteiger partial charge in [0.05, 0.1) is 6.26 Å². The molecule has 0 bridgehead atoms. The van der Waals surface area contributed by atoms with Crippen LogP contribution in [0.5, 0.6) is 0 Å². The summed E-state index contributed by atoms with van der Waals surface area (Å²) in [5, 5.41) is 10.8. The fourth-order valence-electron chi connectivity index (χ4n) is 1.56. The van der Waals surface area contributed by atoms with Crippen LogP contribution in [0.4, 0.5) is 15.6 Å². The normalized spacial score (nSPS) is 11.8. The third-order valence-electron chi connectivity index (χ3n) is 2.44. The van der Waals surface area contributed by atoms with Gasteiger partial charge in [-0.15, -0.1) is 10.2 Å². The molecule has 2 rings (SSSR count). The van der Waals surface area contributed by atoms with Gasteiger partial charge in [0, 0.05) is 11.3 Å². The monoisotopic (exact) mass is 444 g/mol. The number of halogens is 3. The van der Waals surface area contributed by atoms with Crippen LogP contribution in [0.3, 0.4) is 0 Å². The fourth-order valence-corrected chi connectivity index (χ4v) is 3.02. The van der Waals surface area contributed by atoms with Crippen LogP contribution in [0.2, 0.25) is 0 Å². The maximum absolute atomic E-state index is 11.5. The summed E-state index contributed by atoms with van der Waals surface area (Å²) in [5.41, 5.74) is 1.11. The Labute approximate surface area is 162 Å². The number of alkyl halides is 3. The molecule has 1 aromatic heterocycles. The van der Waals surface area contributed by atoms with Crippen molar-refractivity contribution in [2.75, 3.05) is 22.9 Å². The summed E-state index contributed by atoms with van der Waals surface area (Å²) < 4.78 is 27.7. The number of benzene rings is 1. The van der Waals surface area contributed by atoms with Crippen LogP contribution in [0.25, 0.3) is 10.6 Å². The van der Waals surface area contributed by atoms with Gasteiger partial charge >= 0.3 is 6.09 Å². The summed E-state index contributed by atoms with van der Waals surface area (Å²) in [5.74, 6) is 0. The molecule has 136 valence electrons. The van der Waals surface area contributed by atoms with E-state index in [1.807, 2.05) is 0 Å². The van der Waals surface area contributed by atoms with Crippen LogP contribution < -0.4 is 10.0 Å². The number of nitrogens with zero attached hydrogens (tertiary/aromatic N) is 2. The van der Waals surface area contributed by atoms with Gasteiger partial charge in [-0.2, -0.15) is 0 Å². The molecule has 0 radical (unpaired) electrons. The molecule has 1 amide bonds. The van der Waals surface area contributed by atoms with Crippen molar-refractivity contribution in [1.82, 2.24) is 10.2 Å². The number of nitrogens with one attached hydrogen (secondary N) is 2. The molecule has 25 heavy (non-hydrogen) atoms. The summed E-state index contributed by atoms with van der Waals surface area (Å²) in [6, 6.07) is 6.50. The summed E-state index contributed by atoms with van der Waals surface area (Å²) in [4.78, 5) is 11.5. The van der Waals surface area contributed by atoms with E-state index in [2.05, 4.69) is 20.2 Å². The number of sulfonamides is 1. The molecule has 0 aliphatic rings. The van der Waals surface area contributed by atoms with Crippen molar-refractivity contribution >= 4 is 73.1 Å². The molecule has 8 nitrogen and oxygen atoms in total. The summed E-state index contributed by atoms with van der Waals surface area (Å²) in [6.07, 6.45) is 0.229. The lowest BCUT2D eigenvalue weighted by Gasteiger charge is -2.10. The van der Waals surface area contributed by atoms with Crippen LogP contribution in [-0.4, -0.2) is 41.4 Å². The van der Waals surface area contributed by atoms with Gasteiger partial charge in [-0.1, -0.05) is 46.1 Å². The van der Waals surface area contributed by atoms with Crippen molar-refractivity contribution in [1.29, 1.82) is 0 Å². The quantitative estimate of drug-likeness (QED) is 0.682. The molecule has 0 saturated carbocycles. The van der Waals surface area contributed by atoms with Crippen molar-refractivity contribution in [3.63, 3.8) is 0 Å². The molecule has 0 aliphatic carbocycles. The molecule has 0 unspecified atom stereocenters. The van der Waals surface area contributed by atoms with Gasteiger partial charge in [0.25, 0.3) is 0 Å². The van der Waals surface area contributed by atoms with E-state index in [-0.39, 0.29) is 5.13 Å². The number of ether oxygens (including phenoxy) is 1. The minimum Gasteiger partial charge on any atom is -0.445 e. The second-order valence-corrected chi connectivity index (χ2v) is 9.92. The maximum atomic E-state index is 11.5. The molecule has 1 heterocycles. The molecule has 0 aliphatic heterocycles. The van der Waals surface area contributed by atoms with Crippen LogP contribution in [0.1, 0.15) is 0 Å². The summed E-state index contributed by atoms with van der Waals surface area (Å²) in [7, 11) is -3.35. The number of rotatable bonds is 5. The number of carbonyl (C=O) groups excluding carboxylic acids is 1. The highest BCUT2D eigenvalue weighted by Gasteiger charge is 2.22. The Bertz CT molecular complexity index is 850. The van der Waals surface area contributed by atoms with Crippen molar-refractivity contribution in [3.8, 4) is 10.6 Å². The number of carbonyl (C=O) groups is 1. The largest absolute Gasteiger partial charge is 0.445 e. The van der Waals surface area contributed by atoms with Gasteiger partial charge < -0.3 is 4.74 Å². The second-order valence-electron chi connectivity index (χ2n) is 4.68. The number of hydrogen-bond donors (Lipinski definition) is 2. The van der Waals surface area contributed by atoms with Crippen molar-refractivity contribution in [3.05, 3.63) is 24.3 Å². The van der Waals surface area contributed by atoms with Crippen molar-refractivity contribution in [2.45, 2.75) is 3.79 Å². The van der Waals surface area contributed by atoms with Gasteiger partial charge in [-0.25, -0.2) is 13.2 Å². The highest BCUT2D eigenvalue weighted by molar-refractivity contribution is 7.92. The SMILES string of the molecule is CS(=O)(=O)Nc1ccc(-c2nnc(NC(=O)OCC(Cl)(Cl)Cl)s2)cc1. The fraction of sp³-hybridized carbons (Fsp3) is 0.250. The lowest BCUT2D eigenvalue weighted by molar-refractivity contribution is 0.164. The molecule has 0 spiro atoms. The van der Waals surface area contributed by atoms with E-state index >= 15 is 0 Å². The first-order valence-corrected chi connectivity index (χ1v) is 10.3. The molecular weight excluding hydrogens is 435 g/mol. The van der Waals surface area contributed by atoms with E-state index in [0.717, 1.165) is 17.6 Å². The molecule has 13 heteroatoms. The van der Waals surface area contributed by atoms with Crippen molar-refractivity contribution < 1.29 is 17.9 Å². The van der Waals surface area contributed by atoms with E-state index in [9.17, 15) is 13.2 Å². The Morgan fingerprint density at radius 3 is 2.44 bits per heavy atom. The second kappa shape index (κ2) is 7.92. The Morgan fingerprint density at radius 2 is 1.88 bits per heavy atom. The average molecular weight is 446 g/mol. The molecule has 2 aromatic rings. The zero-order chi connectivity index (χ0) is 18.7. The van der Waals surface area contributed by atoms with E-state index in [1.165, 1.54) is 0 Å². The predicted octanol–water partition coefficient (Wildman–Crippen LogP) is 3.50. The highest BCUT2D eigenvalue weighted by Crippen LogP contribution is 2.28. The zero-order valence-electron chi connectivity index (χ0n) is 12.5. The van der Waals surface area contributed by atoms with Crippen LogP contribution in [0.15, 0.2) is 24.3 Å². The van der Waals surface area contributed by atoms with Crippen molar-refractivity contribution in [2.24, 2.45) is 0 Å². The minimum absolute atomic E-state index is 0.197. The van der Waals surface area contributed by atoms with Gasteiger partial charge in [-0.3, -0.25) is 10.0 Å². The van der Waals surface area contributed by atoms with E-state index in [1.54, 1.807) is 24.3 Å². The number of aromatic nitrogens is 2. The molecule has 1 aromatic carbocycles. The smallest absolute Gasteiger partial charge is 0.413 e. The molecular formula is C12H11Cl3N4O4S2. The predicted molar refractivity (Wildman–Crippen MR) is 99.1 cm³/mol.